The van der Waals surface area contributed by atoms with E-state index in [1.807, 2.05) is 13.8 Å². The lowest BCUT2D eigenvalue weighted by molar-refractivity contribution is 0.0142. The van der Waals surface area contributed by atoms with Crippen molar-refractivity contribution in [2.45, 2.75) is 196 Å². The van der Waals surface area contributed by atoms with Crippen LogP contribution in [0.5, 0.6) is 0 Å². The molecule has 5 aliphatic carbocycles. The maximum atomic E-state index is 2.68. The zero-order valence-corrected chi connectivity index (χ0v) is 30.8. The Hall–Kier alpha value is 0. The average Bonchev–Trinajstić information content (AvgIpc) is 3.06. The van der Waals surface area contributed by atoms with Crippen LogP contribution in [0.4, 0.5) is 0 Å². The van der Waals surface area contributed by atoms with Gasteiger partial charge in [0.2, 0.25) is 0 Å². The van der Waals surface area contributed by atoms with Crippen LogP contribution in [0.15, 0.2) is 0 Å². The van der Waals surface area contributed by atoms with Crippen molar-refractivity contribution in [2.75, 3.05) is 0 Å². The summed E-state index contributed by atoms with van der Waals surface area (Å²) in [5, 5.41) is 0. The Morgan fingerprint density at radius 1 is 0.512 bits per heavy atom. The second kappa shape index (κ2) is 18.4. The molecular weight excluding hydrogens is 516 g/mol. The smallest absolute Gasteiger partial charge is 0.0355 e. The molecule has 0 N–H and O–H groups in total. The predicted molar refractivity (Wildman–Crippen MR) is 191 cm³/mol. The first kappa shape index (κ1) is 35.8. The summed E-state index contributed by atoms with van der Waals surface area (Å²) in [5.74, 6) is 13.5. The number of hydrogen-bond acceptors (Lipinski definition) is 0. The molecule has 0 aromatic heterocycles. The summed E-state index contributed by atoms with van der Waals surface area (Å²) >= 11 is 0. The standard InChI is InChI=1S/C41H74.C2H6/c1-6-32-20-25-36(27-38(32)26-31-12-10-9-11-13-31)37-19-16-30(5)41(28-37)40(8-3)39(7-2)35-23-21-34(22-24-35)33-17-14-29(4)15-18-33;1-2/h29-41H,6-28H2,1-5H3;1-2H3. The van der Waals surface area contributed by atoms with Crippen LogP contribution in [-0.4, -0.2) is 0 Å². The van der Waals surface area contributed by atoms with Gasteiger partial charge < -0.3 is 0 Å². The Kier molecular flexibility index (Phi) is 15.3. The third-order valence-corrected chi connectivity index (χ3v) is 15.2. The fraction of sp³-hybridized carbons (Fsp3) is 1.00. The highest BCUT2D eigenvalue weighted by atomic mass is 14.5. The lowest BCUT2D eigenvalue weighted by Crippen LogP contribution is -2.39. The van der Waals surface area contributed by atoms with Gasteiger partial charge in [-0.3, -0.25) is 0 Å². The SMILES string of the molecule is CC.CCC1CCC(C2CCC(C)C(C(CC)C(CC)C3CCC(C4CCC(C)CC4)CC3)C2)CC1CC1CCCCC1. The van der Waals surface area contributed by atoms with Crippen LogP contribution in [0, 0.1) is 76.9 Å². The largest absolute Gasteiger partial charge is 0.0683 e. The molecule has 5 fully saturated rings. The monoisotopic (exact) mass is 597 g/mol. The molecule has 0 heteroatoms. The molecule has 0 amide bonds. The first-order chi connectivity index (χ1) is 21.0. The Morgan fingerprint density at radius 3 is 1.67 bits per heavy atom. The third kappa shape index (κ3) is 9.52. The zero-order valence-electron chi connectivity index (χ0n) is 30.8. The van der Waals surface area contributed by atoms with E-state index < -0.39 is 0 Å². The summed E-state index contributed by atoms with van der Waals surface area (Å²) in [6.45, 7) is 16.8. The molecule has 0 radical (unpaired) electrons. The number of rotatable bonds is 10. The van der Waals surface area contributed by atoms with Crippen LogP contribution in [-0.2, 0) is 0 Å². The van der Waals surface area contributed by atoms with Crippen molar-refractivity contribution in [2.24, 2.45) is 76.9 Å². The molecule has 8 atom stereocenters. The lowest BCUT2D eigenvalue weighted by Gasteiger charge is -2.49. The highest BCUT2D eigenvalue weighted by molar-refractivity contribution is 4.93. The normalized spacial score (nSPS) is 41.1. The lowest BCUT2D eigenvalue weighted by atomic mass is 9.57. The highest BCUT2D eigenvalue weighted by Crippen LogP contribution is 2.53. The molecule has 8 unspecified atom stereocenters. The van der Waals surface area contributed by atoms with E-state index in [4.69, 9.17) is 0 Å². The van der Waals surface area contributed by atoms with Crippen molar-refractivity contribution >= 4 is 0 Å². The van der Waals surface area contributed by atoms with Gasteiger partial charge in [-0.05, 0) is 154 Å². The molecule has 5 aliphatic rings. The van der Waals surface area contributed by atoms with Gasteiger partial charge in [0.05, 0.1) is 0 Å². The average molecular weight is 597 g/mol. The summed E-state index contributed by atoms with van der Waals surface area (Å²) in [6, 6.07) is 0. The molecule has 0 bridgehead atoms. The van der Waals surface area contributed by atoms with E-state index in [1.165, 1.54) is 57.8 Å². The first-order valence-electron chi connectivity index (χ1n) is 21.0. The summed E-state index contributed by atoms with van der Waals surface area (Å²) in [5.41, 5.74) is 0. The van der Waals surface area contributed by atoms with Crippen LogP contribution < -0.4 is 0 Å². The second-order valence-electron chi connectivity index (χ2n) is 17.3. The van der Waals surface area contributed by atoms with Crippen LogP contribution in [0.3, 0.4) is 0 Å². The molecule has 0 aromatic carbocycles. The molecule has 0 aromatic rings. The molecule has 252 valence electrons. The Balaban J connectivity index is 0.00000207. The maximum Gasteiger partial charge on any atom is -0.0355 e. The maximum absolute atomic E-state index is 2.68. The van der Waals surface area contributed by atoms with E-state index in [9.17, 15) is 0 Å². The van der Waals surface area contributed by atoms with Crippen molar-refractivity contribution < 1.29 is 0 Å². The Labute approximate surface area is 272 Å². The van der Waals surface area contributed by atoms with Gasteiger partial charge in [-0.1, -0.05) is 119 Å². The zero-order chi connectivity index (χ0) is 30.8. The van der Waals surface area contributed by atoms with Gasteiger partial charge >= 0.3 is 0 Å². The van der Waals surface area contributed by atoms with Crippen molar-refractivity contribution in [3.8, 4) is 0 Å². The van der Waals surface area contributed by atoms with E-state index in [-0.39, 0.29) is 0 Å². The van der Waals surface area contributed by atoms with Gasteiger partial charge in [0.1, 0.15) is 0 Å². The van der Waals surface area contributed by atoms with Crippen LogP contribution >= 0.6 is 0 Å². The first-order valence-corrected chi connectivity index (χ1v) is 21.0. The molecular formula is C43H80. The fourth-order valence-electron chi connectivity index (χ4n) is 12.6. The van der Waals surface area contributed by atoms with Gasteiger partial charge in [-0.25, -0.2) is 0 Å². The highest BCUT2D eigenvalue weighted by Gasteiger charge is 2.43. The minimum absolute atomic E-state index is 0.968. The molecule has 43 heavy (non-hydrogen) atoms. The molecule has 5 saturated carbocycles. The molecule has 0 saturated heterocycles. The minimum Gasteiger partial charge on any atom is -0.0683 e. The Morgan fingerprint density at radius 2 is 1.07 bits per heavy atom. The van der Waals surface area contributed by atoms with Crippen molar-refractivity contribution in [3.05, 3.63) is 0 Å². The molecule has 0 heterocycles. The van der Waals surface area contributed by atoms with Crippen LogP contribution in [0.2, 0.25) is 0 Å². The Bertz CT molecular complexity index is 716. The van der Waals surface area contributed by atoms with Gasteiger partial charge in [-0.2, -0.15) is 0 Å². The molecule has 0 spiro atoms. The van der Waals surface area contributed by atoms with Gasteiger partial charge in [-0.15, -0.1) is 0 Å². The predicted octanol–water partition coefficient (Wildman–Crippen LogP) is 14.2. The second-order valence-corrected chi connectivity index (χ2v) is 17.3. The van der Waals surface area contributed by atoms with Gasteiger partial charge in [0, 0.05) is 0 Å². The van der Waals surface area contributed by atoms with Gasteiger partial charge in [0.25, 0.3) is 0 Å². The van der Waals surface area contributed by atoms with Gasteiger partial charge in [0.15, 0.2) is 0 Å². The van der Waals surface area contributed by atoms with E-state index in [0.29, 0.717) is 0 Å². The van der Waals surface area contributed by atoms with E-state index in [1.54, 1.807) is 89.9 Å². The summed E-state index contributed by atoms with van der Waals surface area (Å²) in [7, 11) is 0. The van der Waals surface area contributed by atoms with Crippen molar-refractivity contribution in [3.63, 3.8) is 0 Å². The van der Waals surface area contributed by atoms with E-state index in [0.717, 1.165) is 76.9 Å². The van der Waals surface area contributed by atoms with Crippen LogP contribution in [0.25, 0.3) is 0 Å². The molecule has 0 nitrogen and oxygen atoms in total. The van der Waals surface area contributed by atoms with Crippen LogP contribution in [0.1, 0.15) is 196 Å². The summed E-state index contributed by atoms with van der Waals surface area (Å²) in [6.07, 6.45) is 35.5. The number of hydrogen-bond donors (Lipinski definition) is 0. The fourth-order valence-corrected chi connectivity index (χ4v) is 12.6. The van der Waals surface area contributed by atoms with E-state index in [2.05, 4.69) is 34.6 Å². The van der Waals surface area contributed by atoms with Crippen molar-refractivity contribution in [1.82, 2.24) is 0 Å². The molecule has 5 rings (SSSR count). The summed E-state index contributed by atoms with van der Waals surface area (Å²) in [4.78, 5) is 0. The van der Waals surface area contributed by atoms with Crippen molar-refractivity contribution in [1.29, 1.82) is 0 Å². The molecule has 0 aliphatic heterocycles. The third-order valence-electron chi connectivity index (χ3n) is 15.2. The minimum atomic E-state index is 0.968. The quantitative estimate of drug-likeness (QED) is 0.235. The topological polar surface area (TPSA) is 0 Å². The van der Waals surface area contributed by atoms with E-state index >= 15 is 0 Å². The summed E-state index contributed by atoms with van der Waals surface area (Å²) < 4.78 is 0.